The molecule has 1 aliphatic rings. The summed E-state index contributed by atoms with van der Waals surface area (Å²) >= 11 is 0. The minimum absolute atomic E-state index is 0.609. The monoisotopic (exact) mass is 228 g/mol. The molecule has 0 aliphatic carbocycles. The van der Waals surface area contributed by atoms with E-state index in [0.29, 0.717) is 18.0 Å². The Bertz CT molecular complexity index is 179. The molecule has 0 aromatic rings. The van der Waals surface area contributed by atoms with E-state index in [1.807, 2.05) is 0 Å². The fourth-order valence-corrected chi connectivity index (χ4v) is 2.36. The molecule has 1 aliphatic heterocycles. The standard InChI is InChI=1S/C13H28N2O/c1-5-14-13(11(2)3)10-15(4)12-6-8-16-9-7-12/h11-14H,5-10H2,1-4H3. The minimum Gasteiger partial charge on any atom is -0.381 e. The van der Waals surface area contributed by atoms with Gasteiger partial charge in [0.2, 0.25) is 0 Å². The molecule has 0 bridgehead atoms. The van der Waals surface area contributed by atoms with E-state index >= 15 is 0 Å². The number of likely N-dealkylation sites (N-methyl/N-ethyl adjacent to an activating group) is 2. The average molecular weight is 228 g/mol. The normalized spacial score (nSPS) is 20.6. The zero-order valence-electron chi connectivity index (χ0n) is 11.3. The fourth-order valence-electron chi connectivity index (χ4n) is 2.36. The molecule has 1 atom stereocenters. The lowest BCUT2D eigenvalue weighted by Gasteiger charge is -2.35. The van der Waals surface area contributed by atoms with Crippen LogP contribution in [0, 0.1) is 5.92 Å². The number of hydrogen-bond donors (Lipinski definition) is 1. The summed E-state index contributed by atoms with van der Waals surface area (Å²) in [5.41, 5.74) is 0. The van der Waals surface area contributed by atoms with E-state index in [1.54, 1.807) is 0 Å². The molecule has 1 heterocycles. The smallest absolute Gasteiger partial charge is 0.0480 e. The Kier molecular flexibility index (Phi) is 6.32. The molecule has 0 spiro atoms. The second-order valence-corrected chi connectivity index (χ2v) is 5.19. The summed E-state index contributed by atoms with van der Waals surface area (Å²) in [5.74, 6) is 0.697. The molecule has 1 unspecified atom stereocenters. The first-order valence-corrected chi connectivity index (χ1v) is 6.66. The van der Waals surface area contributed by atoms with Gasteiger partial charge in [-0.25, -0.2) is 0 Å². The second-order valence-electron chi connectivity index (χ2n) is 5.19. The van der Waals surface area contributed by atoms with Gasteiger partial charge in [0, 0.05) is 31.8 Å². The average Bonchev–Trinajstić information content (AvgIpc) is 2.29. The largest absolute Gasteiger partial charge is 0.381 e. The van der Waals surface area contributed by atoms with E-state index in [4.69, 9.17) is 4.74 Å². The first-order valence-electron chi connectivity index (χ1n) is 6.66. The third kappa shape index (κ3) is 4.40. The van der Waals surface area contributed by atoms with Crippen LogP contribution in [0.4, 0.5) is 0 Å². The van der Waals surface area contributed by atoms with Gasteiger partial charge in [0.15, 0.2) is 0 Å². The summed E-state index contributed by atoms with van der Waals surface area (Å²) in [5, 5.41) is 3.58. The molecule has 0 amide bonds. The molecule has 0 saturated carbocycles. The van der Waals surface area contributed by atoms with Crippen molar-refractivity contribution in [1.82, 2.24) is 10.2 Å². The molecular formula is C13H28N2O. The van der Waals surface area contributed by atoms with Crippen LogP contribution in [0.2, 0.25) is 0 Å². The Morgan fingerprint density at radius 3 is 2.44 bits per heavy atom. The lowest BCUT2D eigenvalue weighted by atomic mass is 10.0. The molecule has 1 fully saturated rings. The van der Waals surface area contributed by atoms with Crippen LogP contribution in [0.1, 0.15) is 33.6 Å². The van der Waals surface area contributed by atoms with Crippen molar-refractivity contribution in [2.24, 2.45) is 5.92 Å². The van der Waals surface area contributed by atoms with Crippen molar-refractivity contribution in [2.75, 3.05) is 33.4 Å². The highest BCUT2D eigenvalue weighted by Crippen LogP contribution is 2.14. The maximum absolute atomic E-state index is 5.41. The molecule has 96 valence electrons. The van der Waals surface area contributed by atoms with Gasteiger partial charge >= 0.3 is 0 Å². The van der Waals surface area contributed by atoms with E-state index in [9.17, 15) is 0 Å². The summed E-state index contributed by atoms with van der Waals surface area (Å²) in [6.07, 6.45) is 2.38. The van der Waals surface area contributed by atoms with Gasteiger partial charge < -0.3 is 15.0 Å². The fraction of sp³-hybridized carbons (Fsp3) is 1.00. The molecule has 0 aromatic heterocycles. The Balaban J connectivity index is 2.36. The second kappa shape index (κ2) is 7.25. The molecule has 3 heteroatoms. The molecule has 0 aromatic carbocycles. The third-order valence-electron chi connectivity index (χ3n) is 3.57. The minimum atomic E-state index is 0.609. The van der Waals surface area contributed by atoms with Gasteiger partial charge in [0.25, 0.3) is 0 Å². The topological polar surface area (TPSA) is 24.5 Å². The number of nitrogens with one attached hydrogen (secondary N) is 1. The number of hydrogen-bond acceptors (Lipinski definition) is 3. The van der Waals surface area contributed by atoms with Crippen LogP contribution in [0.15, 0.2) is 0 Å². The van der Waals surface area contributed by atoms with E-state index < -0.39 is 0 Å². The summed E-state index contributed by atoms with van der Waals surface area (Å²) in [6, 6.07) is 1.33. The molecule has 3 nitrogen and oxygen atoms in total. The van der Waals surface area contributed by atoms with Crippen LogP contribution >= 0.6 is 0 Å². The van der Waals surface area contributed by atoms with Gasteiger partial charge in [-0.2, -0.15) is 0 Å². The van der Waals surface area contributed by atoms with Crippen LogP contribution in [-0.4, -0.2) is 50.3 Å². The predicted octanol–water partition coefficient (Wildman–Crippen LogP) is 1.73. The molecule has 1 saturated heterocycles. The van der Waals surface area contributed by atoms with E-state index in [-0.39, 0.29) is 0 Å². The Morgan fingerprint density at radius 2 is 1.94 bits per heavy atom. The van der Waals surface area contributed by atoms with Crippen molar-refractivity contribution < 1.29 is 4.74 Å². The van der Waals surface area contributed by atoms with Crippen molar-refractivity contribution >= 4 is 0 Å². The quantitative estimate of drug-likeness (QED) is 0.749. The molecule has 1 N–H and O–H groups in total. The molecule has 0 radical (unpaired) electrons. The molecule has 16 heavy (non-hydrogen) atoms. The van der Waals surface area contributed by atoms with E-state index in [0.717, 1.165) is 26.3 Å². The van der Waals surface area contributed by atoms with Crippen LogP contribution < -0.4 is 5.32 Å². The summed E-state index contributed by atoms with van der Waals surface area (Å²) in [6.45, 7) is 10.9. The van der Waals surface area contributed by atoms with Gasteiger partial charge in [-0.3, -0.25) is 0 Å². The maximum atomic E-state index is 5.41. The summed E-state index contributed by atoms with van der Waals surface area (Å²) in [4.78, 5) is 2.51. The first kappa shape index (κ1) is 13.9. The highest BCUT2D eigenvalue weighted by molar-refractivity contribution is 4.78. The van der Waals surface area contributed by atoms with Gasteiger partial charge in [-0.1, -0.05) is 20.8 Å². The SMILES string of the molecule is CCNC(CN(C)C1CCOCC1)C(C)C. The number of nitrogens with zero attached hydrogens (tertiary/aromatic N) is 1. The number of rotatable bonds is 6. The lowest BCUT2D eigenvalue weighted by molar-refractivity contribution is 0.0385. The van der Waals surface area contributed by atoms with Crippen LogP contribution in [0.25, 0.3) is 0 Å². The van der Waals surface area contributed by atoms with Gasteiger partial charge in [-0.15, -0.1) is 0 Å². The first-order chi connectivity index (χ1) is 7.65. The van der Waals surface area contributed by atoms with Crippen molar-refractivity contribution in [1.29, 1.82) is 0 Å². The van der Waals surface area contributed by atoms with E-state index in [2.05, 4.69) is 38.0 Å². The van der Waals surface area contributed by atoms with Crippen molar-refractivity contribution in [3.8, 4) is 0 Å². The molecule has 1 rings (SSSR count). The Hall–Kier alpha value is -0.120. The van der Waals surface area contributed by atoms with Gasteiger partial charge in [0.05, 0.1) is 0 Å². The Labute approximate surface area is 101 Å². The van der Waals surface area contributed by atoms with Gasteiger partial charge in [-0.05, 0) is 32.4 Å². The highest BCUT2D eigenvalue weighted by Gasteiger charge is 2.22. The number of ether oxygens (including phenoxy) is 1. The third-order valence-corrected chi connectivity index (χ3v) is 3.57. The summed E-state index contributed by atoms with van der Waals surface area (Å²) in [7, 11) is 2.25. The molecular weight excluding hydrogens is 200 g/mol. The summed E-state index contributed by atoms with van der Waals surface area (Å²) < 4.78 is 5.41. The van der Waals surface area contributed by atoms with Crippen LogP contribution in [0.3, 0.4) is 0 Å². The van der Waals surface area contributed by atoms with Crippen LogP contribution in [0.5, 0.6) is 0 Å². The van der Waals surface area contributed by atoms with E-state index in [1.165, 1.54) is 12.8 Å². The van der Waals surface area contributed by atoms with Crippen molar-refractivity contribution in [2.45, 2.75) is 45.7 Å². The Morgan fingerprint density at radius 1 is 1.31 bits per heavy atom. The zero-order valence-corrected chi connectivity index (χ0v) is 11.3. The van der Waals surface area contributed by atoms with Crippen molar-refractivity contribution in [3.63, 3.8) is 0 Å². The predicted molar refractivity (Wildman–Crippen MR) is 68.8 cm³/mol. The van der Waals surface area contributed by atoms with Crippen molar-refractivity contribution in [3.05, 3.63) is 0 Å². The maximum Gasteiger partial charge on any atom is 0.0480 e. The van der Waals surface area contributed by atoms with Crippen LogP contribution in [-0.2, 0) is 4.74 Å². The lowest BCUT2D eigenvalue weighted by Crippen LogP contribution is -2.47. The zero-order chi connectivity index (χ0) is 12.0. The highest BCUT2D eigenvalue weighted by atomic mass is 16.5. The van der Waals surface area contributed by atoms with Gasteiger partial charge in [0.1, 0.15) is 0 Å².